The van der Waals surface area contributed by atoms with Crippen LogP contribution in [0.5, 0.6) is 0 Å². The number of sulfonamides is 1. The first-order chi connectivity index (χ1) is 11.5. The Kier molecular flexibility index (Phi) is 4.68. The average molecular weight is 348 g/mol. The lowest BCUT2D eigenvalue weighted by Gasteiger charge is -2.21. The lowest BCUT2D eigenvalue weighted by Crippen LogP contribution is -2.42. The summed E-state index contributed by atoms with van der Waals surface area (Å²) in [5.41, 5.74) is 0.787. The van der Waals surface area contributed by atoms with Gasteiger partial charge in [0.05, 0.1) is 18.1 Å². The van der Waals surface area contributed by atoms with Crippen LogP contribution in [0, 0.1) is 0 Å². The van der Waals surface area contributed by atoms with Crippen molar-refractivity contribution in [3.8, 4) is 5.69 Å². The summed E-state index contributed by atoms with van der Waals surface area (Å²) >= 11 is 0. The zero-order chi connectivity index (χ0) is 17.2. The minimum atomic E-state index is -3.68. The monoisotopic (exact) mass is 348 g/mol. The fourth-order valence-corrected chi connectivity index (χ4v) is 3.93. The Morgan fingerprint density at radius 3 is 2.71 bits per heavy atom. The van der Waals surface area contributed by atoms with Gasteiger partial charge in [-0.25, -0.2) is 17.8 Å². The molecule has 0 aliphatic carbocycles. The quantitative estimate of drug-likeness (QED) is 0.849. The van der Waals surface area contributed by atoms with Gasteiger partial charge in [0.2, 0.25) is 15.9 Å². The van der Waals surface area contributed by atoms with Crippen molar-refractivity contribution in [2.75, 3.05) is 13.1 Å². The molecule has 1 aliphatic rings. The van der Waals surface area contributed by atoms with E-state index in [0.29, 0.717) is 19.5 Å². The predicted molar refractivity (Wildman–Crippen MR) is 89.2 cm³/mol. The van der Waals surface area contributed by atoms with E-state index in [4.69, 9.17) is 0 Å². The molecule has 1 aliphatic heterocycles. The van der Waals surface area contributed by atoms with Gasteiger partial charge in [-0.2, -0.15) is 5.10 Å². The summed E-state index contributed by atoms with van der Waals surface area (Å²) in [6, 6.07) is 8.93. The standard InChI is InChI=1S/C16H20N4O3S/c1-13(11-19-9-5-8-16(19)21)18-24(22,23)15-10-17-20(12-15)14-6-3-2-4-7-14/h2-4,6-7,10,12-13,18H,5,8-9,11H2,1H3/t13-/m1/s1. The van der Waals surface area contributed by atoms with Gasteiger partial charge in [-0.1, -0.05) is 18.2 Å². The van der Waals surface area contributed by atoms with E-state index in [0.717, 1.165) is 12.1 Å². The molecule has 2 heterocycles. The molecule has 1 saturated heterocycles. The van der Waals surface area contributed by atoms with Crippen molar-refractivity contribution in [3.05, 3.63) is 42.7 Å². The summed E-state index contributed by atoms with van der Waals surface area (Å²) in [5.74, 6) is 0.0814. The maximum absolute atomic E-state index is 12.5. The molecule has 0 spiro atoms. The smallest absolute Gasteiger partial charge is 0.244 e. The fraction of sp³-hybridized carbons (Fsp3) is 0.375. The molecule has 1 atom stereocenters. The third-order valence-corrected chi connectivity index (χ3v) is 5.46. The van der Waals surface area contributed by atoms with E-state index in [-0.39, 0.29) is 16.8 Å². The first kappa shape index (κ1) is 16.7. The molecule has 3 rings (SSSR count). The Morgan fingerprint density at radius 2 is 2.04 bits per heavy atom. The molecule has 0 radical (unpaired) electrons. The van der Waals surface area contributed by atoms with E-state index >= 15 is 0 Å². The average Bonchev–Trinajstić information content (AvgIpc) is 3.18. The topological polar surface area (TPSA) is 84.3 Å². The third-order valence-electron chi connectivity index (χ3n) is 3.91. The Morgan fingerprint density at radius 1 is 1.29 bits per heavy atom. The lowest BCUT2D eigenvalue weighted by atomic mass is 10.3. The number of benzene rings is 1. The summed E-state index contributed by atoms with van der Waals surface area (Å²) in [5, 5.41) is 4.11. The van der Waals surface area contributed by atoms with Gasteiger partial charge in [-0.3, -0.25) is 4.79 Å². The van der Waals surface area contributed by atoms with Crippen LogP contribution in [0.1, 0.15) is 19.8 Å². The highest BCUT2D eigenvalue weighted by molar-refractivity contribution is 7.89. The Hall–Kier alpha value is -2.19. The number of para-hydroxylation sites is 1. The number of aromatic nitrogens is 2. The molecule has 0 bridgehead atoms. The van der Waals surface area contributed by atoms with Crippen LogP contribution in [-0.2, 0) is 14.8 Å². The number of nitrogens with zero attached hydrogens (tertiary/aromatic N) is 3. The van der Waals surface area contributed by atoms with Gasteiger partial charge in [-0.05, 0) is 25.5 Å². The molecule has 1 N–H and O–H groups in total. The van der Waals surface area contributed by atoms with Crippen molar-refractivity contribution in [1.82, 2.24) is 19.4 Å². The van der Waals surface area contributed by atoms with Gasteiger partial charge in [0.15, 0.2) is 0 Å². The number of likely N-dealkylation sites (tertiary alicyclic amines) is 1. The molecule has 128 valence electrons. The molecule has 1 fully saturated rings. The highest BCUT2D eigenvalue weighted by Gasteiger charge is 2.25. The highest BCUT2D eigenvalue weighted by Crippen LogP contribution is 2.14. The summed E-state index contributed by atoms with van der Waals surface area (Å²) in [6.45, 7) is 2.83. The number of carbonyl (C=O) groups excluding carboxylic acids is 1. The molecule has 7 nitrogen and oxygen atoms in total. The van der Waals surface area contributed by atoms with Gasteiger partial charge in [0, 0.05) is 25.6 Å². The van der Waals surface area contributed by atoms with E-state index in [1.54, 1.807) is 11.8 Å². The largest absolute Gasteiger partial charge is 0.341 e. The molecule has 24 heavy (non-hydrogen) atoms. The van der Waals surface area contributed by atoms with Crippen LogP contribution < -0.4 is 4.72 Å². The normalized spacial score (nSPS) is 16.5. The van der Waals surface area contributed by atoms with Crippen molar-refractivity contribution >= 4 is 15.9 Å². The van der Waals surface area contributed by atoms with Crippen LogP contribution in [0.4, 0.5) is 0 Å². The van der Waals surface area contributed by atoms with Crippen LogP contribution in [0.25, 0.3) is 5.69 Å². The second kappa shape index (κ2) is 6.74. The molecular formula is C16H20N4O3S. The molecule has 8 heteroatoms. The van der Waals surface area contributed by atoms with E-state index in [2.05, 4.69) is 9.82 Å². The number of carbonyl (C=O) groups is 1. The molecule has 0 unspecified atom stereocenters. The number of hydrogen-bond acceptors (Lipinski definition) is 4. The van der Waals surface area contributed by atoms with Crippen molar-refractivity contribution in [2.24, 2.45) is 0 Å². The Bertz CT molecular complexity index is 817. The fourth-order valence-electron chi connectivity index (χ4n) is 2.76. The van der Waals surface area contributed by atoms with Crippen molar-refractivity contribution < 1.29 is 13.2 Å². The lowest BCUT2D eigenvalue weighted by molar-refractivity contribution is -0.127. The van der Waals surface area contributed by atoms with Gasteiger partial charge in [-0.15, -0.1) is 0 Å². The minimum Gasteiger partial charge on any atom is -0.341 e. The Balaban J connectivity index is 1.69. The summed E-state index contributed by atoms with van der Waals surface area (Å²) in [4.78, 5) is 13.4. The van der Waals surface area contributed by atoms with Crippen LogP contribution >= 0.6 is 0 Å². The second-order valence-corrected chi connectivity index (χ2v) is 7.64. The van der Waals surface area contributed by atoms with E-state index in [1.165, 1.54) is 17.1 Å². The van der Waals surface area contributed by atoms with Gasteiger partial charge >= 0.3 is 0 Å². The van der Waals surface area contributed by atoms with E-state index in [9.17, 15) is 13.2 Å². The van der Waals surface area contributed by atoms with Crippen molar-refractivity contribution in [3.63, 3.8) is 0 Å². The van der Waals surface area contributed by atoms with Crippen LogP contribution in [0.2, 0.25) is 0 Å². The maximum atomic E-state index is 12.5. The van der Waals surface area contributed by atoms with Gasteiger partial charge < -0.3 is 4.90 Å². The van der Waals surface area contributed by atoms with Crippen LogP contribution in [0.15, 0.2) is 47.6 Å². The predicted octanol–water partition coefficient (Wildman–Crippen LogP) is 1.16. The molecule has 1 amide bonds. The van der Waals surface area contributed by atoms with E-state index < -0.39 is 10.0 Å². The summed E-state index contributed by atoms with van der Waals surface area (Å²) in [6.07, 6.45) is 4.18. The zero-order valence-corrected chi connectivity index (χ0v) is 14.2. The van der Waals surface area contributed by atoms with Crippen molar-refractivity contribution in [2.45, 2.75) is 30.7 Å². The van der Waals surface area contributed by atoms with Crippen LogP contribution in [0.3, 0.4) is 0 Å². The number of hydrogen-bond donors (Lipinski definition) is 1. The molecule has 1 aromatic carbocycles. The second-order valence-electron chi connectivity index (χ2n) is 5.92. The summed E-state index contributed by atoms with van der Waals surface area (Å²) < 4.78 is 29.1. The number of rotatable bonds is 6. The van der Waals surface area contributed by atoms with Crippen molar-refractivity contribution in [1.29, 1.82) is 0 Å². The number of nitrogens with one attached hydrogen (secondary N) is 1. The number of amides is 1. The minimum absolute atomic E-state index is 0.0814. The SMILES string of the molecule is C[C@H](CN1CCCC1=O)NS(=O)(=O)c1cnn(-c2ccccc2)c1. The van der Waals surface area contributed by atoms with E-state index in [1.807, 2.05) is 30.3 Å². The molecule has 2 aromatic rings. The first-order valence-corrected chi connectivity index (χ1v) is 9.34. The Labute approximate surface area is 141 Å². The van der Waals surface area contributed by atoms with Crippen LogP contribution in [-0.4, -0.2) is 48.1 Å². The molecule has 0 saturated carbocycles. The molecule has 1 aromatic heterocycles. The third kappa shape index (κ3) is 3.65. The molecular weight excluding hydrogens is 328 g/mol. The summed E-state index contributed by atoms with van der Waals surface area (Å²) in [7, 11) is -3.68. The zero-order valence-electron chi connectivity index (χ0n) is 13.4. The van der Waals surface area contributed by atoms with Gasteiger partial charge in [0.1, 0.15) is 4.90 Å². The maximum Gasteiger partial charge on any atom is 0.244 e. The first-order valence-electron chi connectivity index (χ1n) is 7.86. The van der Waals surface area contributed by atoms with Gasteiger partial charge in [0.25, 0.3) is 0 Å². The highest BCUT2D eigenvalue weighted by atomic mass is 32.2.